The van der Waals surface area contributed by atoms with Crippen LogP contribution >= 0.6 is 0 Å². The first-order chi connectivity index (χ1) is 18.8. The summed E-state index contributed by atoms with van der Waals surface area (Å²) < 4.78 is 24.5. The normalized spacial score (nSPS) is 34.6. The van der Waals surface area contributed by atoms with E-state index < -0.39 is 5.79 Å². The molecule has 6 nitrogen and oxygen atoms in total. The van der Waals surface area contributed by atoms with Gasteiger partial charge in [-0.1, -0.05) is 78.4 Å². The first-order valence-electron chi connectivity index (χ1n) is 15.9. The molecular weight excluding hydrogens is 490 g/mol. The smallest absolute Gasteiger partial charge is 0.175 e. The van der Waals surface area contributed by atoms with Crippen LogP contribution in [0.4, 0.5) is 0 Å². The molecule has 0 bridgehead atoms. The van der Waals surface area contributed by atoms with Crippen molar-refractivity contribution in [3.63, 3.8) is 0 Å². The summed E-state index contributed by atoms with van der Waals surface area (Å²) in [4.78, 5) is 6.70. The van der Waals surface area contributed by atoms with E-state index in [1.54, 1.807) is 0 Å². The Balaban J connectivity index is 1.34. The third-order valence-electron chi connectivity index (χ3n) is 9.78. The summed E-state index contributed by atoms with van der Waals surface area (Å²) in [6.07, 6.45) is 13.1. The number of piperidine rings is 1. The van der Waals surface area contributed by atoms with E-state index in [2.05, 4.69) is 58.7 Å². The molecule has 4 rings (SSSR count). The second-order valence-electron chi connectivity index (χ2n) is 12.7. The molecule has 3 aliphatic rings. The molecule has 222 valence electrons. The maximum atomic E-state index is 6.87. The number of epoxide rings is 1. The van der Waals surface area contributed by atoms with Crippen LogP contribution in [0.15, 0.2) is 24.3 Å². The molecule has 6 unspecified atom stereocenters. The Labute approximate surface area is 238 Å². The highest BCUT2D eigenvalue weighted by atomic mass is 16.8. The molecule has 6 atom stereocenters. The van der Waals surface area contributed by atoms with Gasteiger partial charge in [-0.05, 0) is 57.2 Å². The SMILES string of the molecule is CCCCCCCCC1COC2(CC(C)(CC)N(OCCc3ccc(OCC4CO4)cc3)C(C)(CC)C2C)O1. The van der Waals surface area contributed by atoms with E-state index in [1.165, 1.54) is 44.1 Å². The molecular formula is C33H55NO5. The van der Waals surface area contributed by atoms with Gasteiger partial charge in [-0.15, -0.1) is 0 Å². The monoisotopic (exact) mass is 545 g/mol. The van der Waals surface area contributed by atoms with E-state index in [0.29, 0.717) is 19.8 Å². The minimum absolute atomic E-state index is 0.172. The summed E-state index contributed by atoms with van der Waals surface area (Å²) in [5.74, 6) is 0.550. The lowest BCUT2D eigenvalue weighted by atomic mass is 9.67. The molecule has 3 heterocycles. The summed E-state index contributed by atoms with van der Waals surface area (Å²) >= 11 is 0. The van der Waals surface area contributed by atoms with Gasteiger partial charge in [0.05, 0.1) is 31.5 Å². The lowest BCUT2D eigenvalue weighted by molar-refractivity contribution is -0.368. The maximum Gasteiger partial charge on any atom is 0.175 e. The average molecular weight is 546 g/mol. The average Bonchev–Trinajstić information content (AvgIpc) is 3.70. The van der Waals surface area contributed by atoms with Gasteiger partial charge in [0, 0.05) is 17.9 Å². The van der Waals surface area contributed by atoms with Crippen LogP contribution in [0, 0.1) is 5.92 Å². The molecule has 3 aliphatic heterocycles. The standard InChI is InChI=1S/C33H55NO5/c1-7-10-11-12-13-14-15-29-24-37-33(39-29)25-31(5,8-2)34(32(6,9-3)26(33)4)38-21-20-27-16-18-28(19-17-27)35-22-30-23-36-30/h16-19,26,29-30H,7-15,20-25H2,1-6H3. The van der Waals surface area contributed by atoms with Gasteiger partial charge in [-0.3, -0.25) is 4.84 Å². The van der Waals surface area contributed by atoms with Crippen molar-refractivity contribution in [1.82, 2.24) is 5.06 Å². The Morgan fingerprint density at radius 3 is 2.31 bits per heavy atom. The number of unbranched alkanes of at least 4 members (excludes halogenated alkanes) is 5. The number of hydroxylamine groups is 2. The quantitative estimate of drug-likeness (QED) is 0.159. The first-order valence-corrected chi connectivity index (χ1v) is 15.9. The lowest BCUT2D eigenvalue weighted by Gasteiger charge is -2.61. The number of ether oxygens (including phenoxy) is 4. The number of hydrogen-bond donors (Lipinski definition) is 0. The van der Waals surface area contributed by atoms with Gasteiger partial charge in [0.25, 0.3) is 0 Å². The van der Waals surface area contributed by atoms with Crippen LogP contribution in [-0.4, -0.2) is 60.6 Å². The third-order valence-corrected chi connectivity index (χ3v) is 9.78. The van der Waals surface area contributed by atoms with Crippen molar-refractivity contribution < 1.29 is 23.8 Å². The number of nitrogens with zero attached hydrogens (tertiary/aromatic N) is 1. The lowest BCUT2D eigenvalue weighted by Crippen LogP contribution is -2.71. The maximum absolute atomic E-state index is 6.87. The predicted octanol–water partition coefficient (Wildman–Crippen LogP) is 7.48. The predicted molar refractivity (Wildman–Crippen MR) is 156 cm³/mol. The molecule has 0 radical (unpaired) electrons. The highest BCUT2D eigenvalue weighted by molar-refractivity contribution is 5.27. The van der Waals surface area contributed by atoms with Crippen molar-refractivity contribution in [2.45, 2.75) is 141 Å². The second kappa shape index (κ2) is 13.7. The van der Waals surface area contributed by atoms with Crippen molar-refractivity contribution >= 4 is 0 Å². The van der Waals surface area contributed by atoms with Gasteiger partial charge in [0.15, 0.2) is 5.79 Å². The van der Waals surface area contributed by atoms with Crippen LogP contribution in [-0.2, 0) is 25.5 Å². The van der Waals surface area contributed by atoms with Crippen LogP contribution < -0.4 is 4.74 Å². The molecule has 39 heavy (non-hydrogen) atoms. The fourth-order valence-corrected chi connectivity index (χ4v) is 6.60. The van der Waals surface area contributed by atoms with E-state index in [4.69, 9.17) is 23.8 Å². The Kier molecular flexibility index (Phi) is 10.8. The van der Waals surface area contributed by atoms with Crippen LogP contribution in [0.1, 0.15) is 111 Å². The van der Waals surface area contributed by atoms with Gasteiger partial charge in [-0.25, -0.2) is 0 Å². The zero-order valence-electron chi connectivity index (χ0n) is 25.6. The van der Waals surface area contributed by atoms with Crippen molar-refractivity contribution in [3.05, 3.63) is 29.8 Å². The molecule has 1 aromatic carbocycles. The molecule has 6 heteroatoms. The molecule has 0 aromatic heterocycles. The molecule has 1 aromatic rings. The van der Waals surface area contributed by atoms with Crippen LogP contribution in [0.3, 0.4) is 0 Å². The second-order valence-corrected chi connectivity index (χ2v) is 12.7. The summed E-state index contributed by atoms with van der Waals surface area (Å²) in [6, 6.07) is 8.38. The summed E-state index contributed by atoms with van der Waals surface area (Å²) in [6.45, 7) is 16.6. The zero-order chi connectivity index (χ0) is 27.9. The third kappa shape index (κ3) is 7.37. The zero-order valence-corrected chi connectivity index (χ0v) is 25.6. The van der Waals surface area contributed by atoms with E-state index in [0.717, 1.165) is 44.5 Å². The van der Waals surface area contributed by atoms with Gasteiger partial charge in [0.2, 0.25) is 0 Å². The van der Waals surface area contributed by atoms with Crippen molar-refractivity contribution in [3.8, 4) is 5.75 Å². The van der Waals surface area contributed by atoms with E-state index in [1.807, 2.05) is 12.1 Å². The van der Waals surface area contributed by atoms with Gasteiger partial charge < -0.3 is 18.9 Å². The number of benzene rings is 1. The minimum Gasteiger partial charge on any atom is -0.491 e. The molecule has 0 aliphatic carbocycles. The molecule has 0 N–H and O–H groups in total. The van der Waals surface area contributed by atoms with Crippen molar-refractivity contribution in [1.29, 1.82) is 0 Å². The fraction of sp³-hybridized carbons (Fsp3) is 0.818. The largest absolute Gasteiger partial charge is 0.491 e. The fourth-order valence-electron chi connectivity index (χ4n) is 6.60. The number of hydrogen-bond acceptors (Lipinski definition) is 6. The Bertz CT molecular complexity index is 875. The van der Waals surface area contributed by atoms with E-state index in [-0.39, 0.29) is 29.2 Å². The van der Waals surface area contributed by atoms with Crippen LogP contribution in [0.5, 0.6) is 5.75 Å². The van der Waals surface area contributed by atoms with Crippen molar-refractivity contribution in [2.75, 3.05) is 26.4 Å². The van der Waals surface area contributed by atoms with Crippen LogP contribution in [0.25, 0.3) is 0 Å². The van der Waals surface area contributed by atoms with Gasteiger partial charge >= 0.3 is 0 Å². The summed E-state index contributed by atoms with van der Waals surface area (Å²) in [7, 11) is 0. The topological polar surface area (TPSA) is 52.7 Å². The van der Waals surface area contributed by atoms with E-state index in [9.17, 15) is 0 Å². The summed E-state index contributed by atoms with van der Waals surface area (Å²) in [5, 5.41) is 2.33. The molecule has 0 saturated carbocycles. The highest BCUT2D eigenvalue weighted by Crippen LogP contribution is 2.54. The first kappa shape index (κ1) is 30.8. The Morgan fingerprint density at radius 1 is 0.923 bits per heavy atom. The minimum atomic E-state index is -0.538. The van der Waals surface area contributed by atoms with Crippen molar-refractivity contribution in [2.24, 2.45) is 5.92 Å². The Morgan fingerprint density at radius 2 is 1.64 bits per heavy atom. The van der Waals surface area contributed by atoms with Crippen LogP contribution in [0.2, 0.25) is 0 Å². The van der Waals surface area contributed by atoms with Gasteiger partial charge in [-0.2, -0.15) is 5.06 Å². The highest BCUT2D eigenvalue weighted by Gasteiger charge is 2.63. The summed E-state index contributed by atoms with van der Waals surface area (Å²) in [5.41, 5.74) is 0.887. The molecule has 0 amide bonds. The number of rotatable bonds is 16. The van der Waals surface area contributed by atoms with Gasteiger partial charge in [0.1, 0.15) is 18.5 Å². The molecule has 1 spiro atoms. The van der Waals surface area contributed by atoms with E-state index >= 15 is 0 Å². The molecule has 3 fully saturated rings. The Hall–Kier alpha value is -1.18. The molecule has 3 saturated heterocycles.